The van der Waals surface area contributed by atoms with E-state index < -0.39 is 0 Å². The fourth-order valence-corrected chi connectivity index (χ4v) is 4.69. The van der Waals surface area contributed by atoms with E-state index >= 15 is 0 Å². The second-order valence-electron chi connectivity index (χ2n) is 8.64. The van der Waals surface area contributed by atoms with E-state index in [9.17, 15) is 0 Å². The van der Waals surface area contributed by atoms with E-state index in [0.29, 0.717) is 0 Å². The molecule has 4 heterocycles. The number of ether oxygens (including phenoxy) is 1. The molecule has 2 aromatic heterocycles. The first kappa shape index (κ1) is 22.2. The quantitative estimate of drug-likeness (QED) is 0.497. The summed E-state index contributed by atoms with van der Waals surface area (Å²) < 4.78 is 10.5. The third-order valence-corrected chi connectivity index (χ3v) is 6.77. The van der Waals surface area contributed by atoms with Crippen LogP contribution in [0.2, 0.25) is 0 Å². The summed E-state index contributed by atoms with van der Waals surface area (Å²) in [6, 6.07) is 14.7. The fraction of sp³-hybridized carbons (Fsp3) is 0.458. The minimum absolute atomic E-state index is 0.723. The van der Waals surface area contributed by atoms with Gasteiger partial charge in [0.2, 0.25) is 10.7 Å². The lowest BCUT2D eigenvalue weighted by atomic mass is 10.2. The molecular weight excluding hydrogens is 434 g/mol. The maximum Gasteiger partial charge on any atom is 0.226 e. The number of anilines is 1. The first-order chi connectivity index (χ1) is 16.3. The number of rotatable bonds is 7. The van der Waals surface area contributed by atoms with Crippen molar-refractivity contribution in [3.63, 3.8) is 0 Å². The highest BCUT2D eigenvalue weighted by Gasteiger charge is 2.22. The van der Waals surface area contributed by atoms with Crippen LogP contribution in [0.4, 0.5) is 5.95 Å². The maximum absolute atomic E-state index is 5.92. The van der Waals surface area contributed by atoms with Gasteiger partial charge < -0.3 is 9.64 Å². The number of aromatic nitrogens is 4. The summed E-state index contributed by atoms with van der Waals surface area (Å²) in [7, 11) is 0. The van der Waals surface area contributed by atoms with Crippen molar-refractivity contribution >= 4 is 18.2 Å². The summed E-state index contributed by atoms with van der Waals surface area (Å²) in [6.45, 7) is 9.65. The van der Waals surface area contributed by atoms with E-state index in [1.54, 1.807) is 0 Å². The molecule has 0 spiro atoms. The first-order valence-electron chi connectivity index (χ1n) is 11.6. The van der Waals surface area contributed by atoms with Crippen molar-refractivity contribution in [1.82, 2.24) is 29.1 Å². The molecule has 2 aliphatic heterocycles. The van der Waals surface area contributed by atoms with Crippen molar-refractivity contribution in [1.29, 1.82) is 0 Å². The van der Waals surface area contributed by atoms with Crippen LogP contribution in [0.25, 0.3) is 0 Å². The number of benzene rings is 1. The fourth-order valence-electron chi connectivity index (χ4n) is 4.45. The van der Waals surface area contributed by atoms with Crippen molar-refractivity contribution < 1.29 is 4.74 Å². The van der Waals surface area contributed by atoms with E-state index in [0.717, 1.165) is 83.0 Å². The maximum atomic E-state index is 5.92. The molecule has 9 heteroatoms. The SMILES string of the molecule is S=c1n(CN2CCN(Cc3ccncc3)CC2)nc(N2CCOCC2)n1Cc1ccccc1. The van der Waals surface area contributed by atoms with E-state index in [4.69, 9.17) is 22.1 Å². The Bertz CT molecular complexity index is 1070. The summed E-state index contributed by atoms with van der Waals surface area (Å²) in [5.41, 5.74) is 2.54. The van der Waals surface area contributed by atoms with Gasteiger partial charge in [-0.2, -0.15) is 0 Å². The third kappa shape index (κ3) is 5.50. The van der Waals surface area contributed by atoms with Crippen LogP contribution in [0, 0.1) is 4.77 Å². The third-order valence-electron chi connectivity index (χ3n) is 6.34. The van der Waals surface area contributed by atoms with Crippen molar-refractivity contribution in [3.8, 4) is 0 Å². The van der Waals surface area contributed by atoms with Gasteiger partial charge in [0, 0.05) is 58.2 Å². The van der Waals surface area contributed by atoms with Crippen LogP contribution in [0.3, 0.4) is 0 Å². The van der Waals surface area contributed by atoms with Crippen LogP contribution in [0.15, 0.2) is 54.9 Å². The first-order valence-corrected chi connectivity index (χ1v) is 12.0. The molecule has 8 nitrogen and oxygen atoms in total. The van der Waals surface area contributed by atoms with Crippen molar-refractivity contribution in [2.75, 3.05) is 57.4 Å². The van der Waals surface area contributed by atoms with Gasteiger partial charge in [0.15, 0.2) is 0 Å². The Morgan fingerprint density at radius 2 is 1.45 bits per heavy atom. The lowest BCUT2D eigenvalue weighted by Crippen LogP contribution is -2.46. The van der Waals surface area contributed by atoms with Gasteiger partial charge in [0.1, 0.15) is 0 Å². The summed E-state index contributed by atoms with van der Waals surface area (Å²) in [6.07, 6.45) is 3.73. The lowest BCUT2D eigenvalue weighted by molar-refractivity contribution is 0.0979. The normalized spacial score (nSPS) is 18.0. The molecule has 0 atom stereocenters. The summed E-state index contributed by atoms with van der Waals surface area (Å²) in [5.74, 6) is 0.948. The van der Waals surface area contributed by atoms with Crippen LogP contribution in [-0.2, 0) is 24.5 Å². The van der Waals surface area contributed by atoms with E-state index in [2.05, 4.69) is 60.6 Å². The van der Waals surface area contributed by atoms with Crippen molar-refractivity contribution in [2.24, 2.45) is 0 Å². The average Bonchev–Trinajstić information content (AvgIpc) is 3.17. The van der Waals surface area contributed by atoms with E-state index in [1.165, 1.54) is 11.1 Å². The molecule has 3 aromatic rings. The average molecular weight is 466 g/mol. The van der Waals surface area contributed by atoms with Gasteiger partial charge in [-0.15, -0.1) is 5.10 Å². The number of morpholine rings is 1. The Morgan fingerprint density at radius 3 is 2.18 bits per heavy atom. The minimum Gasteiger partial charge on any atom is -0.378 e. The Kier molecular flexibility index (Phi) is 7.11. The van der Waals surface area contributed by atoms with Gasteiger partial charge in [-0.3, -0.25) is 19.4 Å². The number of hydrogen-bond donors (Lipinski definition) is 0. The second kappa shape index (κ2) is 10.6. The zero-order valence-corrected chi connectivity index (χ0v) is 19.7. The molecule has 0 amide bonds. The molecule has 0 saturated carbocycles. The number of hydrogen-bond acceptors (Lipinski definition) is 7. The van der Waals surface area contributed by atoms with Crippen LogP contribution in [0.5, 0.6) is 0 Å². The highest BCUT2D eigenvalue weighted by atomic mass is 32.1. The smallest absolute Gasteiger partial charge is 0.226 e. The summed E-state index contributed by atoms with van der Waals surface area (Å²) in [5, 5.41) is 4.99. The molecule has 2 aliphatic rings. The number of pyridine rings is 1. The van der Waals surface area contributed by atoms with Crippen LogP contribution in [0.1, 0.15) is 11.1 Å². The van der Waals surface area contributed by atoms with Gasteiger partial charge in [-0.1, -0.05) is 30.3 Å². The molecule has 2 saturated heterocycles. The topological polar surface area (TPSA) is 54.6 Å². The molecule has 33 heavy (non-hydrogen) atoms. The minimum atomic E-state index is 0.723. The predicted molar refractivity (Wildman–Crippen MR) is 131 cm³/mol. The molecule has 5 rings (SSSR count). The van der Waals surface area contributed by atoms with Crippen LogP contribution in [-0.4, -0.2) is 81.6 Å². The summed E-state index contributed by atoms with van der Waals surface area (Å²) in [4.78, 5) is 11.4. The molecule has 0 bridgehead atoms. The largest absolute Gasteiger partial charge is 0.378 e. The van der Waals surface area contributed by atoms with Crippen molar-refractivity contribution in [2.45, 2.75) is 19.8 Å². The zero-order valence-electron chi connectivity index (χ0n) is 18.9. The molecule has 0 radical (unpaired) electrons. The van der Waals surface area contributed by atoms with Gasteiger partial charge >= 0.3 is 0 Å². The Hall–Kier alpha value is -2.59. The van der Waals surface area contributed by atoms with Gasteiger partial charge in [0.05, 0.1) is 26.4 Å². The molecule has 0 N–H and O–H groups in total. The van der Waals surface area contributed by atoms with E-state index in [-0.39, 0.29) is 0 Å². The standard InChI is InChI=1S/C24H31N7OS/c33-24-30(19-21-4-2-1-3-5-21)23(29-14-16-32-17-15-29)26-31(24)20-28-12-10-27(11-13-28)18-22-6-8-25-9-7-22/h1-9H,10-20H2. The Balaban J connectivity index is 1.28. The highest BCUT2D eigenvalue weighted by molar-refractivity contribution is 7.71. The summed E-state index contributed by atoms with van der Waals surface area (Å²) >= 11 is 5.92. The van der Waals surface area contributed by atoms with E-state index in [1.807, 2.05) is 23.1 Å². The molecule has 2 fully saturated rings. The molecular formula is C24H31N7OS. The predicted octanol–water partition coefficient (Wildman–Crippen LogP) is 2.47. The molecule has 0 unspecified atom stereocenters. The zero-order chi connectivity index (χ0) is 22.5. The molecule has 174 valence electrons. The van der Waals surface area contributed by atoms with Gasteiger partial charge in [-0.25, -0.2) is 4.68 Å². The van der Waals surface area contributed by atoms with Gasteiger partial charge in [0.25, 0.3) is 0 Å². The molecule has 1 aromatic carbocycles. The van der Waals surface area contributed by atoms with Gasteiger partial charge in [-0.05, 0) is 35.5 Å². The Morgan fingerprint density at radius 1 is 0.788 bits per heavy atom. The van der Waals surface area contributed by atoms with Crippen LogP contribution < -0.4 is 4.90 Å². The number of nitrogens with zero attached hydrogens (tertiary/aromatic N) is 7. The van der Waals surface area contributed by atoms with Crippen molar-refractivity contribution in [3.05, 3.63) is 70.8 Å². The lowest BCUT2D eigenvalue weighted by Gasteiger charge is -2.34. The Labute approximate surface area is 200 Å². The second-order valence-corrected chi connectivity index (χ2v) is 9.01. The van der Waals surface area contributed by atoms with Crippen LogP contribution >= 0.6 is 12.2 Å². The molecule has 0 aliphatic carbocycles. The number of piperazine rings is 1. The monoisotopic (exact) mass is 465 g/mol. The highest BCUT2D eigenvalue weighted by Crippen LogP contribution is 2.18.